The van der Waals surface area contributed by atoms with E-state index >= 15 is 0 Å². The Balaban J connectivity index is 2.12. The first kappa shape index (κ1) is 20.3. The van der Waals surface area contributed by atoms with Gasteiger partial charge >= 0.3 is 6.18 Å². The van der Waals surface area contributed by atoms with Crippen LogP contribution in [0.4, 0.5) is 24.5 Å². The van der Waals surface area contributed by atoms with E-state index < -0.39 is 34.1 Å². The number of halogens is 4. The number of aromatic nitrogens is 3. The summed E-state index contributed by atoms with van der Waals surface area (Å²) in [6.07, 6.45) is -3.57. The number of pyridine rings is 1. The zero-order valence-corrected chi connectivity index (χ0v) is 15.3. The molecule has 0 saturated carbocycles. The summed E-state index contributed by atoms with van der Waals surface area (Å²) in [4.78, 5) is 27.1. The van der Waals surface area contributed by atoms with E-state index in [0.29, 0.717) is 16.3 Å². The second kappa shape index (κ2) is 7.51. The Morgan fingerprint density at radius 1 is 1.28 bits per heavy atom. The third kappa shape index (κ3) is 4.04. The Morgan fingerprint density at radius 2 is 2.00 bits per heavy atom. The van der Waals surface area contributed by atoms with Crippen molar-refractivity contribution in [2.75, 3.05) is 5.32 Å². The smallest absolute Gasteiger partial charge is 0.315 e. The number of nitrogens with zero attached hydrogens (tertiary/aromatic N) is 4. The molecule has 3 rings (SSSR count). The number of hydrogen-bond donors (Lipinski definition) is 1. The maximum Gasteiger partial charge on any atom is 0.435 e. The SMILES string of the molecule is Cc1cccc([N+](=O)[O-])c1NC(=O)c1cc(C(F)(F)F)nn1-c1ncccc1Cl. The zero-order valence-electron chi connectivity index (χ0n) is 14.6. The molecule has 2 heterocycles. The number of benzene rings is 1. The highest BCUT2D eigenvalue weighted by Crippen LogP contribution is 2.32. The minimum Gasteiger partial charge on any atom is -0.315 e. The summed E-state index contributed by atoms with van der Waals surface area (Å²) in [6, 6.07) is 7.43. The molecule has 1 amide bonds. The molecule has 8 nitrogen and oxygen atoms in total. The number of anilines is 1. The highest BCUT2D eigenvalue weighted by Gasteiger charge is 2.37. The summed E-state index contributed by atoms with van der Waals surface area (Å²) in [6.45, 7) is 1.51. The molecule has 1 aromatic carbocycles. The first-order chi connectivity index (χ1) is 13.6. The molecule has 0 saturated heterocycles. The fourth-order valence-corrected chi connectivity index (χ4v) is 2.72. The van der Waals surface area contributed by atoms with Gasteiger partial charge in [0.15, 0.2) is 11.5 Å². The molecular formula is C17H11ClF3N5O3. The molecule has 2 aromatic heterocycles. The maximum absolute atomic E-state index is 13.2. The van der Waals surface area contributed by atoms with Crippen molar-refractivity contribution in [2.24, 2.45) is 0 Å². The average Bonchev–Trinajstić information content (AvgIpc) is 3.09. The van der Waals surface area contributed by atoms with E-state index in [4.69, 9.17) is 11.6 Å². The first-order valence-corrected chi connectivity index (χ1v) is 8.31. The van der Waals surface area contributed by atoms with Gasteiger partial charge in [0.05, 0.1) is 9.95 Å². The van der Waals surface area contributed by atoms with Crippen LogP contribution in [-0.4, -0.2) is 25.6 Å². The first-order valence-electron chi connectivity index (χ1n) is 7.93. The number of nitro benzene ring substituents is 1. The van der Waals surface area contributed by atoms with Crippen LogP contribution in [0.2, 0.25) is 5.02 Å². The number of alkyl halides is 3. The molecule has 0 unspecified atom stereocenters. The van der Waals surface area contributed by atoms with Gasteiger partial charge in [0.2, 0.25) is 0 Å². The fourth-order valence-electron chi connectivity index (χ4n) is 2.52. The molecule has 0 spiro atoms. The van der Waals surface area contributed by atoms with E-state index in [1.54, 1.807) is 0 Å². The molecule has 0 bridgehead atoms. The van der Waals surface area contributed by atoms with Crippen LogP contribution < -0.4 is 5.32 Å². The molecule has 1 N–H and O–H groups in total. The molecule has 0 radical (unpaired) electrons. The number of nitro groups is 1. The summed E-state index contributed by atoms with van der Waals surface area (Å²) in [7, 11) is 0. The van der Waals surface area contributed by atoms with Gasteiger partial charge < -0.3 is 5.32 Å². The van der Waals surface area contributed by atoms with E-state index in [9.17, 15) is 28.1 Å². The number of rotatable bonds is 4. The van der Waals surface area contributed by atoms with Crippen LogP contribution in [0.5, 0.6) is 0 Å². The second-order valence-electron chi connectivity index (χ2n) is 5.81. The van der Waals surface area contributed by atoms with Gasteiger partial charge in [0.1, 0.15) is 11.4 Å². The van der Waals surface area contributed by atoms with E-state index in [2.05, 4.69) is 15.4 Å². The van der Waals surface area contributed by atoms with Gasteiger partial charge in [-0.2, -0.15) is 18.3 Å². The van der Waals surface area contributed by atoms with Crippen molar-refractivity contribution < 1.29 is 22.9 Å². The quantitative estimate of drug-likeness (QED) is 0.492. The lowest BCUT2D eigenvalue weighted by Crippen LogP contribution is -2.19. The number of hydrogen-bond acceptors (Lipinski definition) is 5. The van der Waals surface area contributed by atoms with Gasteiger partial charge in [0.25, 0.3) is 11.6 Å². The van der Waals surface area contributed by atoms with Gasteiger partial charge in [-0.1, -0.05) is 23.7 Å². The number of para-hydroxylation sites is 1. The summed E-state index contributed by atoms with van der Waals surface area (Å²) < 4.78 is 40.2. The Labute approximate surface area is 166 Å². The number of nitrogens with one attached hydrogen (secondary N) is 1. The second-order valence-corrected chi connectivity index (χ2v) is 6.22. The van der Waals surface area contributed by atoms with Crippen molar-refractivity contribution in [1.29, 1.82) is 0 Å². The van der Waals surface area contributed by atoms with Crippen LogP contribution in [0.25, 0.3) is 5.82 Å². The molecule has 0 aliphatic heterocycles. The Bertz CT molecular complexity index is 1110. The summed E-state index contributed by atoms with van der Waals surface area (Å²) in [5.74, 6) is -1.25. The van der Waals surface area contributed by atoms with Gasteiger partial charge in [-0.3, -0.25) is 14.9 Å². The highest BCUT2D eigenvalue weighted by molar-refractivity contribution is 6.32. The lowest BCUT2D eigenvalue weighted by molar-refractivity contribution is -0.384. The number of carbonyl (C=O) groups is 1. The van der Waals surface area contributed by atoms with Crippen molar-refractivity contribution in [1.82, 2.24) is 14.8 Å². The topological polar surface area (TPSA) is 103 Å². The van der Waals surface area contributed by atoms with E-state index in [-0.39, 0.29) is 16.5 Å². The molecule has 29 heavy (non-hydrogen) atoms. The van der Waals surface area contributed by atoms with E-state index in [1.807, 2.05) is 0 Å². The number of amides is 1. The Kier molecular flexibility index (Phi) is 5.25. The van der Waals surface area contributed by atoms with Gasteiger partial charge in [0, 0.05) is 18.3 Å². The molecule has 3 aromatic rings. The van der Waals surface area contributed by atoms with Crippen molar-refractivity contribution in [3.8, 4) is 5.82 Å². The van der Waals surface area contributed by atoms with Crippen molar-refractivity contribution in [2.45, 2.75) is 13.1 Å². The predicted octanol–water partition coefficient (Wildman–Crippen LogP) is 4.41. The lowest BCUT2D eigenvalue weighted by Gasteiger charge is -2.10. The molecule has 12 heteroatoms. The third-order valence-electron chi connectivity index (χ3n) is 3.86. The van der Waals surface area contributed by atoms with E-state index in [0.717, 1.165) is 6.07 Å². The number of aryl methyl sites for hydroxylation is 1. The van der Waals surface area contributed by atoms with Crippen LogP contribution in [0.1, 0.15) is 21.7 Å². The van der Waals surface area contributed by atoms with Crippen molar-refractivity contribution in [3.63, 3.8) is 0 Å². The molecule has 0 aliphatic carbocycles. The summed E-state index contributed by atoms with van der Waals surface area (Å²) >= 11 is 5.99. The normalized spacial score (nSPS) is 11.3. The third-order valence-corrected chi connectivity index (χ3v) is 4.15. The lowest BCUT2D eigenvalue weighted by atomic mass is 10.1. The molecule has 0 aliphatic rings. The highest BCUT2D eigenvalue weighted by atomic mass is 35.5. The number of carbonyl (C=O) groups excluding carboxylic acids is 1. The van der Waals surface area contributed by atoms with E-state index in [1.165, 1.54) is 37.4 Å². The van der Waals surface area contributed by atoms with Gasteiger partial charge in [-0.15, -0.1) is 0 Å². The Morgan fingerprint density at radius 3 is 2.62 bits per heavy atom. The maximum atomic E-state index is 13.2. The Hall–Kier alpha value is -3.47. The minimum absolute atomic E-state index is 0.0414. The van der Waals surface area contributed by atoms with Crippen LogP contribution in [0.3, 0.4) is 0 Å². The van der Waals surface area contributed by atoms with Crippen molar-refractivity contribution in [3.05, 3.63) is 74.7 Å². The largest absolute Gasteiger partial charge is 0.435 e. The predicted molar refractivity (Wildman–Crippen MR) is 97.2 cm³/mol. The van der Waals surface area contributed by atoms with Crippen LogP contribution in [0, 0.1) is 17.0 Å². The molecule has 0 fully saturated rings. The fraction of sp³-hybridized carbons (Fsp3) is 0.118. The molecular weight excluding hydrogens is 415 g/mol. The summed E-state index contributed by atoms with van der Waals surface area (Å²) in [5.41, 5.74) is -2.09. The standard InChI is InChI=1S/C17H11ClF3N5O3/c1-9-4-2-6-11(26(28)29)14(9)23-16(27)12-8-13(17(19,20)21)24-25(12)15-10(18)5-3-7-22-15/h2-8H,1H3,(H,23,27). The monoisotopic (exact) mass is 425 g/mol. The van der Waals surface area contributed by atoms with Gasteiger partial charge in [-0.25, -0.2) is 9.67 Å². The van der Waals surface area contributed by atoms with Crippen LogP contribution in [-0.2, 0) is 6.18 Å². The minimum atomic E-state index is -4.84. The summed E-state index contributed by atoms with van der Waals surface area (Å²) in [5, 5.41) is 16.9. The van der Waals surface area contributed by atoms with Crippen molar-refractivity contribution >= 4 is 28.9 Å². The van der Waals surface area contributed by atoms with Gasteiger partial charge in [-0.05, 0) is 24.6 Å². The molecule has 150 valence electrons. The zero-order chi connectivity index (χ0) is 21.3. The van der Waals surface area contributed by atoms with Crippen LogP contribution in [0.15, 0.2) is 42.6 Å². The molecule has 0 atom stereocenters. The average molecular weight is 426 g/mol. The van der Waals surface area contributed by atoms with Crippen LogP contribution >= 0.6 is 11.6 Å².